The number of aromatic nitrogens is 1. The SMILES string of the molecule is CCCOC(=O)Nc1ccc(Oc2ccnc3cc(OC)c(C(N)=O)cc23)cc1Cl. The van der Waals surface area contributed by atoms with E-state index < -0.39 is 12.0 Å². The van der Waals surface area contributed by atoms with Crippen LogP contribution in [-0.4, -0.2) is 30.7 Å². The number of nitrogens with one attached hydrogen (secondary N) is 1. The van der Waals surface area contributed by atoms with Crippen molar-refractivity contribution in [3.05, 3.63) is 53.2 Å². The molecule has 3 N–H and O–H groups in total. The van der Waals surface area contributed by atoms with Crippen LogP contribution in [0.1, 0.15) is 23.7 Å². The molecule has 2 amide bonds. The van der Waals surface area contributed by atoms with Gasteiger partial charge in [-0.15, -0.1) is 0 Å². The zero-order valence-corrected chi connectivity index (χ0v) is 17.2. The number of carbonyl (C=O) groups is 2. The van der Waals surface area contributed by atoms with Gasteiger partial charge in [0.05, 0.1) is 35.5 Å². The minimum absolute atomic E-state index is 0.214. The fourth-order valence-corrected chi connectivity index (χ4v) is 2.94. The van der Waals surface area contributed by atoms with Gasteiger partial charge in [-0.05, 0) is 30.7 Å². The molecule has 8 nitrogen and oxygen atoms in total. The minimum Gasteiger partial charge on any atom is -0.496 e. The predicted octanol–water partition coefficient (Wildman–Crippen LogP) is 4.75. The van der Waals surface area contributed by atoms with Crippen molar-refractivity contribution in [3.63, 3.8) is 0 Å². The van der Waals surface area contributed by atoms with E-state index in [-0.39, 0.29) is 10.6 Å². The van der Waals surface area contributed by atoms with Crippen LogP contribution < -0.4 is 20.5 Å². The first kappa shape index (κ1) is 21.2. The van der Waals surface area contributed by atoms with Crippen molar-refractivity contribution in [2.24, 2.45) is 5.73 Å². The summed E-state index contributed by atoms with van der Waals surface area (Å²) >= 11 is 6.26. The summed E-state index contributed by atoms with van der Waals surface area (Å²) in [6, 6.07) is 9.64. The molecule has 1 aromatic heterocycles. The molecule has 0 aliphatic rings. The number of hydrogen-bond donors (Lipinski definition) is 2. The molecular weight excluding hydrogens is 410 g/mol. The molecule has 1 heterocycles. The van der Waals surface area contributed by atoms with E-state index in [1.54, 1.807) is 42.6 Å². The maximum absolute atomic E-state index is 11.7. The van der Waals surface area contributed by atoms with E-state index in [0.29, 0.717) is 40.4 Å². The molecule has 3 rings (SSSR count). The Kier molecular flexibility index (Phi) is 6.58. The third kappa shape index (κ3) is 4.72. The second-order valence-electron chi connectivity index (χ2n) is 6.25. The van der Waals surface area contributed by atoms with Gasteiger partial charge in [0.15, 0.2) is 0 Å². The van der Waals surface area contributed by atoms with Crippen LogP contribution in [0.2, 0.25) is 5.02 Å². The number of anilines is 1. The van der Waals surface area contributed by atoms with Gasteiger partial charge in [0.2, 0.25) is 0 Å². The van der Waals surface area contributed by atoms with Gasteiger partial charge in [-0.25, -0.2) is 4.79 Å². The van der Waals surface area contributed by atoms with E-state index >= 15 is 0 Å². The highest BCUT2D eigenvalue weighted by Gasteiger charge is 2.15. The summed E-state index contributed by atoms with van der Waals surface area (Å²) in [4.78, 5) is 27.7. The van der Waals surface area contributed by atoms with Crippen molar-refractivity contribution in [1.29, 1.82) is 0 Å². The number of ether oxygens (including phenoxy) is 3. The molecule has 156 valence electrons. The van der Waals surface area contributed by atoms with Gasteiger partial charge in [0, 0.05) is 23.7 Å². The molecule has 0 bridgehead atoms. The molecule has 0 fully saturated rings. The van der Waals surface area contributed by atoms with Gasteiger partial charge < -0.3 is 19.9 Å². The van der Waals surface area contributed by atoms with Crippen LogP contribution in [0.3, 0.4) is 0 Å². The van der Waals surface area contributed by atoms with Crippen LogP contribution in [0, 0.1) is 0 Å². The highest BCUT2D eigenvalue weighted by Crippen LogP contribution is 2.35. The van der Waals surface area contributed by atoms with E-state index in [2.05, 4.69) is 10.3 Å². The normalized spacial score (nSPS) is 10.5. The summed E-state index contributed by atoms with van der Waals surface area (Å²) < 4.78 is 16.1. The fraction of sp³-hybridized carbons (Fsp3) is 0.190. The summed E-state index contributed by atoms with van der Waals surface area (Å²) in [7, 11) is 1.45. The summed E-state index contributed by atoms with van der Waals surface area (Å²) in [5.74, 6) is 0.575. The van der Waals surface area contributed by atoms with Crippen LogP contribution in [0.25, 0.3) is 10.9 Å². The summed E-state index contributed by atoms with van der Waals surface area (Å²) in [6.45, 7) is 2.22. The van der Waals surface area contributed by atoms with Crippen molar-refractivity contribution < 1.29 is 23.8 Å². The molecule has 0 radical (unpaired) electrons. The van der Waals surface area contributed by atoms with Crippen LogP contribution in [0.4, 0.5) is 10.5 Å². The van der Waals surface area contributed by atoms with Crippen LogP contribution in [-0.2, 0) is 4.74 Å². The van der Waals surface area contributed by atoms with E-state index in [4.69, 9.17) is 31.5 Å². The zero-order valence-electron chi connectivity index (χ0n) is 16.4. The monoisotopic (exact) mass is 429 g/mol. The fourth-order valence-electron chi connectivity index (χ4n) is 2.73. The lowest BCUT2D eigenvalue weighted by molar-refractivity contribution is 0.0997. The zero-order chi connectivity index (χ0) is 21.7. The molecule has 0 aliphatic heterocycles. The lowest BCUT2D eigenvalue weighted by Crippen LogP contribution is -2.14. The van der Waals surface area contributed by atoms with E-state index in [1.165, 1.54) is 7.11 Å². The predicted molar refractivity (Wildman–Crippen MR) is 114 cm³/mol. The second kappa shape index (κ2) is 9.32. The quantitative estimate of drug-likeness (QED) is 0.560. The molecule has 0 unspecified atom stereocenters. The summed E-state index contributed by atoms with van der Waals surface area (Å²) in [6.07, 6.45) is 1.71. The Hall–Kier alpha value is -3.52. The van der Waals surface area contributed by atoms with Crippen LogP contribution >= 0.6 is 11.6 Å². The number of hydrogen-bond acceptors (Lipinski definition) is 6. The molecule has 0 aliphatic carbocycles. The highest BCUT2D eigenvalue weighted by atomic mass is 35.5. The van der Waals surface area contributed by atoms with E-state index in [9.17, 15) is 9.59 Å². The second-order valence-corrected chi connectivity index (χ2v) is 6.65. The molecule has 0 spiro atoms. The molecular formula is C21H20ClN3O5. The standard InChI is InChI=1S/C21H20ClN3O5/c1-3-8-29-21(27)25-16-5-4-12(9-15(16)22)30-18-6-7-24-17-11-19(28-2)14(20(23)26)10-13(17)18/h4-7,9-11H,3,8H2,1-2H3,(H2,23,26)(H,25,27). The number of primary amides is 1. The number of carbonyl (C=O) groups excluding carboxylic acids is 2. The lowest BCUT2D eigenvalue weighted by atomic mass is 10.1. The van der Waals surface area contributed by atoms with Crippen molar-refractivity contribution in [3.8, 4) is 17.2 Å². The Morgan fingerprint density at radius 2 is 1.97 bits per heavy atom. The number of halogens is 1. The average Bonchev–Trinajstić information content (AvgIpc) is 2.73. The molecule has 0 atom stereocenters. The molecule has 3 aromatic rings. The molecule has 0 saturated carbocycles. The first-order chi connectivity index (χ1) is 14.4. The summed E-state index contributed by atoms with van der Waals surface area (Å²) in [5.41, 5.74) is 6.62. The Morgan fingerprint density at radius 1 is 1.17 bits per heavy atom. The van der Waals surface area contributed by atoms with Gasteiger partial charge in [-0.3, -0.25) is 15.1 Å². The number of nitrogens with two attached hydrogens (primary N) is 1. The van der Waals surface area contributed by atoms with Gasteiger partial charge in [0.25, 0.3) is 5.91 Å². The topological polar surface area (TPSA) is 113 Å². The average molecular weight is 430 g/mol. The number of benzene rings is 2. The molecule has 0 saturated heterocycles. The molecule has 2 aromatic carbocycles. The maximum Gasteiger partial charge on any atom is 0.411 e. The number of pyridine rings is 1. The van der Waals surface area contributed by atoms with Crippen molar-refractivity contribution in [1.82, 2.24) is 4.98 Å². The Bertz CT molecular complexity index is 1100. The molecule has 30 heavy (non-hydrogen) atoms. The number of amides is 2. The first-order valence-corrected chi connectivity index (χ1v) is 9.48. The Balaban J connectivity index is 1.89. The number of nitrogens with zero attached hydrogens (tertiary/aromatic N) is 1. The van der Waals surface area contributed by atoms with Gasteiger partial charge in [-0.1, -0.05) is 18.5 Å². The maximum atomic E-state index is 11.7. The van der Waals surface area contributed by atoms with Gasteiger partial charge in [0.1, 0.15) is 17.2 Å². The minimum atomic E-state index is -0.628. The van der Waals surface area contributed by atoms with Crippen molar-refractivity contribution >= 4 is 40.2 Å². The first-order valence-electron chi connectivity index (χ1n) is 9.10. The van der Waals surface area contributed by atoms with Crippen molar-refractivity contribution in [2.75, 3.05) is 19.0 Å². The summed E-state index contributed by atoms with van der Waals surface area (Å²) in [5, 5.41) is 3.43. The molecule has 9 heteroatoms. The van der Waals surface area contributed by atoms with Gasteiger partial charge in [-0.2, -0.15) is 0 Å². The van der Waals surface area contributed by atoms with Crippen LogP contribution in [0.5, 0.6) is 17.2 Å². The van der Waals surface area contributed by atoms with Crippen molar-refractivity contribution in [2.45, 2.75) is 13.3 Å². The largest absolute Gasteiger partial charge is 0.496 e. The smallest absolute Gasteiger partial charge is 0.411 e. The van der Waals surface area contributed by atoms with Gasteiger partial charge >= 0.3 is 6.09 Å². The number of methoxy groups -OCH3 is 1. The third-order valence-electron chi connectivity index (χ3n) is 4.13. The van der Waals surface area contributed by atoms with E-state index in [1.807, 2.05) is 6.92 Å². The lowest BCUT2D eigenvalue weighted by Gasteiger charge is -2.13. The number of fused-ring (bicyclic) bond motifs is 1. The van der Waals surface area contributed by atoms with E-state index in [0.717, 1.165) is 6.42 Å². The van der Waals surface area contributed by atoms with Crippen LogP contribution in [0.15, 0.2) is 42.6 Å². The Morgan fingerprint density at radius 3 is 2.63 bits per heavy atom. The highest BCUT2D eigenvalue weighted by molar-refractivity contribution is 6.33. The third-order valence-corrected chi connectivity index (χ3v) is 4.44. The Labute approximate surface area is 177 Å². The number of rotatable bonds is 7.